The average molecular weight is 277 g/mol. The minimum atomic E-state index is -0.335. The first-order valence-electron chi connectivity index (χ1n) is 6.29. The van der Waals surface area contributed by atoms with Gasteiger partial charge in [-0.25, -0.2) is 4.39 Å². The number of rotatable bonds is 4. The van der Waals surface area contributed by atoms with Crippen molar-refractivity contribution >= 4 is 18.3 Å². The minimum absolute atomic E-state index is 0.335. The molecule has 2 rings (SSSR count). The first-order valence-corrected chi connectivity index (χ1v) is 6.29. The third-order valence-corrected chi connectivity index (χ3v) is 2.85. The van der Waals surface area contributed by atoms with Crippen molar-refractivity contribution in [3.63, 3.8) is 0 Å². The van der Waals surface area contributed by atoms with Gasteiger partial charge in [0, 0.05) is 31.7 Å². The van der Waals surface area contributed by atoms with E-state index < -0.39 is 0 Å². The third-order valence-electron chi connectivity index (χ3n) is 2.85. The van der Waals surface area contributed by atoms with E-state index in [9.17, 15) is 4.39 Å². The van der Waals surface area contributed by atoms with Crippen LogP contribution in [0.25, 0.3) is 0 Å². The Morgan fingerprint density at radius 3 is 2.60 bits per heavy atom. The van der Waals surface area contributed by atoms with Gasteiger partial charge in [0.1, 0.15) is 17.9 Å². The molecule has 1 aliphatic rings. The van der Waals surface area contributed by atoms with E-state index in [1.165, 1.54) is 18.3 Å². The van der Waals surface area contributed by atoms with Crippen LogP contribution in [0.5, 0.6) is 0 Å². The number of piperazine rings is 1. The zero-order chi connectivity index (χ0) is 14.2. The van der Waals surface area contributed by atoms with Crippen LogP contribution in [0, 0.1) is 5.82 Å². The molecule has 0 atom stereocenters. The first kappa shape index (κ1) is 14.1. The first-order chi connectivity index (χ1) is 9.79. The topological polar surface area (TPSA) is 72.6 Å². The maximum absolute atomic E-state index is 12.9. The summed E-state index contributed by atoms with van der Waals surface area (Å²) in [6.45, 7) is 3.58. The highest BCUT2D eigenvalue weighted by molar-refractivity contribution is 6.38. The Morgan fingerprint density at radius 2 is 1.95 bits per heavy atom. The second-order valence-electron chi connectivity index (χ2n) is 4.25. The number of halogens is 1. The molecular weight excluding hydrogens is 261 g/mol. The Morgan fingerprint density at radius 1 is 1.25 bits per heavy atom. The van der Waals surface area contributed by atoms with E-state index in [1.807, 2.05) is 4.90 Å². The fraction of sp³-hybridized carbons (Fsp3) is 0.308. The molecule has 1 heterocycles. The lowest BCUT2D eigenvalue weighted by Gasteiger charge is -2.24. The molecule has 0 amide bonds. The van der Waals surface area contributed by atoms with Crippen LogP contribution in [-0.2, 0) is 0 Å². The second kappa shape index (κ2) is 7.34. The molecule has 0 radical (unpaired) electrons. The van der Waals surface area contributed by atoms with E-state index in [-0.39, 0.29) is 5.82 Å². The largest absolute Gasteiger partial charge is 0.411 e. The fourth-order valence-corrected chi connectivity index (χ4v) is 1.79. The van der Waals surface area contributed by atoms with Crippen molar-refractivity contribution in [2.24, 2.45) is 15.4 Å². The lowest BCUT2D eigenvalue weighted by Crippen LogP contribution is -2.42. The average Bonchev–Trinajstić information content (AvgIpc) is 2.48. The van der Waals surface area contributed by atoms with Crippen molar-refractivity contribution < 1.29 is 9.60 Å². The lowest BCUT2D eigenvalue weighted by molar-refractivity contribution is 0.322. The van der Waals surface area contributed by atoms with Gasteiger partial charge in [-0.15, -0.1) is 10.2 Å². The molecule has 106 valence electrons. The monoisotopic (exact) mass is 277 g/mol. The van der Waals surface area contributed by atoms with Gasteiger partial charge in [-0.2, -0.15) is 0 Å². The summed E-state index contributed by atoms with van der Waals surface area (Å²) in [6, 6.07) is 5.73. The molecular formula is C13H16FN5O. The molecule has 0 aliphatic carbocycles. The molecule has 1 aliphatic heterocycles. The predicted molar refractivity (Wildman–Crippen MR) is 76.2 cm³/mol. The molecule has 1 saturated heterocycles. The molecule has 7 heteroatoms. The normalized spacial score (nSPS) is 17.2. The molecule has 0 bridgehead atoms. The Bertz CT molecular complexity index is 506. The van der Waals surface area contributed by atoms with Crippen molar-refractivity contribution in [2.75, 3.05) is 26.2 Å². The maximum Gasteiger partial charge on any atom is 0.123 e. The summed E-state index contributed by atoms with van der Waals surface area (Å²) < 4.78 is 12.9. The molecule has 6 nitrogen and oxygen atoms in total. The summed E-state index contributed by atoms with van der Waals surface area (Å²) >= 11 is 0. The molecule has 20 heavy (non-hydrogen) atoms. The van der Waals surface area contributed by atoms with Crippen LogP contribution in [0.1, 0.15) is 5.56 Å². The van der Waals surface area contributed by atoms with Crippen molar-refractivity contribution in [1.82, 2.24) is 10.2 Å². The van der Waals surface area contributed by atoms with E-state index in [2.05, 4.69) is 20.7 Å². The molecule has 0 unspecified atom stereocenters. The summed E-state index contributed by atoms with van der Waals surface area (Å²) in [4.78, 5) is 2.04. The van der Waals surface area contributed by atoms with Crippen LogP contribution >= 0.6 is 0 Å². The van der Waals surface area contributed by atoms with Crippen molar-refractivity contribution in [3.8, 4) is 0 Å². The highest BCUT2D eigenvalue weighted by atomic mass is 19.1. The van der Waals surface area contributed by atoms with Gasteiger partial charge in [0.2, 0.25) is 0 Å². The standard InChI is InChI=1S/C13H16FN5O/c14-12-3-1-11(2-4-12)13(9-17-20)18-16-10-19-7-5-15-6-8-19/h1-4,9-10,15,20H,5-8H2/b16-10+,17-9-,18-13+. The highest BCUT2D eigenvalue weighted by Gasteiger charge is 2.05. The van der Waals surface area contributed by atoms with Gasteiger partial charge in [-0.05, 0) is 24.3 Å². The van der Waals surface area contributed by atoms with E-state index in [0.717, 1.165) is 26.2 Å². The Labute approximate surface area is 116 Å². The van der Waals surface area contributed by atoms with E-state index in [4.69, 9.17) is 5.21 Å². The third kappa shape index (κ3) is 4.13. The van der Waals surface area contributed by atoms with Crippen LogP contribution in [-0.4, -0.2) is 54.6 Å². The summed E-state index contributed by atoms with van der Waals surface area (Å²) in [6.07, 6.45) is 2.82. The van der Waals surface area contributed by atoms with E-state index in [1.54, 1.807) is 18.5 Å². The molecule has 1 aromatic carbocycles. The van der Waals surface area contributed by atoms with Gasteiger partial charge in [-0.1, -0.05) is 5.16 Å². The number of nitrogens with one attached hydrogen (secondary N) is 1. The highest BCUT2D eigenvalue weighted by Crippen LogP contribution is 2.04. The Kier molecular flexibility index (Phi) is 5.19. The number of benzene rings is 1. The van der Waals surface area contributed by atoms with Crippen LogP contribution in [0.3, 0.4) is 0 Å². The van der Waals surface area contributed by atoms with E-state index in [0.29, 0.717) is 11.3 Å². The van der Waals surface area contributed by atoms with Gasteiger partial charge < -0.3 is 15.4 Å². The minimum Gasteiger partial charge on any atom is -0.411 e. The van der Waals surface area contributed by atoms with Crippen molar-refractivity contribution in [2.45, 2.75) is 0 Å². The van der Waals surface area contributed by atoms with Crippen LogP contribution in [0.2, 0.25) is 0 Å². The molecule has 0 aromatic heterocycles. The zero-order valence-corrected chi connectivity index (χ0v) is 10.9. The summed E-state index contributed by atoms with van der Waals surface area (Å²) in [5, 5.41) is 22.8. The van der Waals surface area contributed by atoms with Crippen LogP contribution in [0.15, 0.2) is 39.6 Å². The number of hydrogen-bond acceptors (Lipinski definition) is 5. The van der Waals surface area contributed by atoms with Gasteiger partial charge >= 0.3 is 0 Å². The van der Waals surface area contributed by atoms with Gasteiger partial charge in [0.25, 0.3) is 0 Å². The lowest BCUT2D eigenvalue weighted by atomic mass is 10.1. The number of nitrogens with zero attached hydrogens (tertiary/aromatic N) is 4. The van der Waals surface area contributed by atoms with Crippen LogP contribution in [0.4, 0.5) is 4.39 Å². The SMILES string of the molecule is O\N=C/C(=N\N=C\N1CCNCC1)c1ccc(F)cc1. The summed E-state index contributed by atoms with van der Waals surface area (Å²) in [7, 11) is 0. The zero-order valence-electron chi connectivity index (χ0n) is 10.9. The summed E-state index contributed by atoms with van der Waals surface area (Å²) in [5.74, 6) is -0.335. The molecule has 0 spiro atoms. The van der Waals surface area contributed by atoms with Gasteiger partial charge in [-0.3, -0.25) is 0 Å². The quantitative estimate of drug-likeness (QED) is 0.372. The van der Waals surface area contributed by atoms with E-state index >= 15 is 0 Å². The Hall–Kier alpha value is -2.28. The van der Waals surface area contributed by atoms with Crippen molar-refractivity contribution in [3.05, 3.63) is 35.6 Å². The molecule has 2 N–H and O–H groups in total. The van der Waals surface area contributed by atoms with Gasteiger partial charge in [0.15, 0.2) is 0 Å². The second-order valence-corrected chi connectivity index (χ2v) is 4.25. The smallest absolute Gasteiger partial charge is 0.123 e. The molecule has 1 aromatic rings. The Balaban J connectivity index is 2.09. The number of oxime groups is 1. The predicted octanol–water partition coefficient (Wildman–Crippen LogP) is 0.923. The summed E-state index contributed by atoms with van der Waals surface area (Å²) in [5.41, 5.74) is 0.987. The van der Waals surface area contributed by atoms with Crippen molar-refractivity contribution in [1.29, 1.82) is 0 Å². The van der Waals surface area contributed by atoms with Crippen LogP contribution < -0.4 is 5.32 Å². The molecule has 1 fully saturated rings. The maximum atomic E-state index is 12.9. The fourth-order valence-electron chi connectivity index (χ4n) is 1.79. The van der Waals surface area contributed by atoms with Gasteiger partial charge in [0.05, 0.1) is 6.21 Å². The number of hydrogen-bond donors (Lipinski definition) is 2. The molecule has 0 saturated carbocycles.